The van der Waals surface area contributed by atoms with Crippen LogP contribution >= 0.6 is 0 Å². The van der Waals surface area contributed by atoms with Crippen molar-refractivity contribution in [1.82, 2.24) is 4.98 Å². The van der Waals surface area contributed by atoms with E-state index >= 15 is 0 Å². The maximum absolute atomic E-state index is 4.67. The van der Waals surface area contributed by atoms with Crippen molar-refractivity contribution in [3.63, 3.8) is 0 Å². The van der Waals surface area contributed by atoms with Crippen molar-refractivity contribution in [3.8, 4) is 0 Å². The molecule has 0 aliphatic carbocycles. The van der Waals surface area contributed by atoms with Gasteiger partial charge in [-0.25, -0.2) is 0 Å². The second-order valence-electron chi connectivity index (χ2n) is 4.55. The van der Waals surface area contributed by atoms with Gasteiger partial charge < -0.3 is 4.57 Å². The Labute approximate surface area is 128 Å². The van der Waals surface area contributed by atoms with Crippen molar-refractivity contribution >= 4 is 10.9 Å². The first kappa shape index (κ1) is 14.7. The predicted octanol–water partition coefficient (Wildman–Crippen LogP) is 2.40. The Balaban J connectivity index is 0.00000144. The number of aryl methyl sites for hydroxylation is 4. The Morgan fingerprint density at radius 2 is 1.41 bits per heavy atom. The topological polar surface area (TPSA) is 16.8 Å². The molecule has 87 valence electrons. The zero-order valence-electron chi connectivity index (χ0n) is 11.5. The van der Waals surface area contributed by atoms with Crippen molar-refractivity contribution in [2.75, 3.05) is 0 Å². The number of benzene rings is 1. The summed E-state index contributed by atoms with van der Waals surface area (Å²) in [4.78, 5) is 4.67. The second kappa shape index (κ2) is 5.11. The van der Waals surface area contributed by atoms with E-state index in [-0.39, 0.29) is 32.7 Å². The van der Waals surface area contributed by atoms with Crippen LogP contribution in [0.25, 0.3) is 10.9 Å². The summed E-state index contributed by atoms with van der Waals surface area (Å²) >= 11 is 0. The molecule has 2 aromatic rings. The number of rotatable bonds is 0. The van der Waals surface area contributed by atoms with Crippen LogP contribution in [0.3, 0.4) is 0 Å². The molecule has 0 spiro atoms. The summed E-state index contributed by atoms with van der Waals surface area (Å²) in [5, 5.41) is 1.15. The van der Waals surface area contributed by atoms with Crippen LogP contribution in [0.2, 0.25) is 0 Å². The van der Waals surface area contributed by atoms with E-state index < -0.39 is 0 Å². The van der Waals surface area contributed by atoms with Gasteiger partial charge in [0.15, 0.2) is 0 Å². The number of fused-ring (bicyclic) bond motifs is 1. The first-order valence-corrected chi connectivity index (χ1v) is 5.59. The molecule has 2 rings (SSSR count). The Morgan fingerprint density at radius 1 is 0.882 bits per heavy atom. The molecule has 0 aliphatic rings. The first-order valence-electron chi connectivity index (χ1n) is 5.59. The van der Waals surface area contributed by atoms with Gasteiger partial charge in [0.25, 0.3) is 0 Å². The molecule has 0 atom stereocenters. The third kappa shape index (κ3) is 2.30. The van der Waals surface area contributed by atoms with E-state index in [2.05, 4.69) is 38.9 Å². The van der Waals surface area contributed by atoms with Gasteiger partial charge in [-0.3, -0.25) is 0 Å². The Kier molecular flexibility index (Phi) is 4.43. The number of hydrogen-bond acceptors (Lipinski definition) is 1. The third-order valence-corrected chi connectivity index (χ3v) is 3.69. The van der Waals surface area contributed by atoms with Gasteiger partial charge in [0.1, 0.15) is 0 Å². The molecule has 1 radical (unpaired) electrons. The van der Waals surface area contributed by atoms with Crippen LogP contribution < -0.4 is 4.57 Å². The summed E-state index contributed by atoms with van der Waals surface area (Å²) in [6.45, 7) is 10.6. The molecule has 0 N–H and O–H groups in total. The minimum Gasteiger partial charge on any atom is -0.316 e. The van der Waals surface area contributed by atoms with Crippen LogP contribution in [0.1, 0.15) is 28.1 Å². The summed E-state index contributed by atoms with van der Waals surface area (Å²) in [6, 6.07) is 0. The van der Waals surface area contributed by atoms with Crippen LogP contribution in [0.15, 0.2) is 0 Å². The van der Waals surface area contributed by atoms with Gasteiger partial charge in [0.05, 0.1) is 18.8 Å². The van der Waals surface area contributed by atoms with Crippen LogP contribution in [0, 0.1) is 40.8 Å². The molecular formula is C14H18N2Y. The van der Waals surface area contributed by atoms with Crippen molar-refractivity contribution in [1.29, 1.82) is 0 Å². The molecule has 3 heteroatoms. The Morgan fingerprint density at radius 3 is 2.00 bits per heavy atom. The van der Waals surface area contributed by atoms with Gasteiger partial charge in [-0.2, -0.15) is 0 Å². The van der Waals surface area contributed by atoms with Crippen molar-refractivity contribution < 1.29 is 37.3 Å². The zero-order valence-corrected chi connectivity index (χ0v) is 14.3. The average Bonchev–Trinajstić information content (AvgIpc) is 2.26. The SMILES string of the molecule is Cc1c(C)c(C)c2nc(C)[n+](C)[c-]c2c1C.[Y]. The van der Waals surface area contributed by atoms with Crippen LogP contribution in [0.5, 0.6) is 0 Å². The maximum atomic E-state index is 4.67. The first-order chi connectivity index (χ1) is 7.43. The van der Waals surface area contributed by atoms with Gasteiger partial charge in [-0.05, 0) is 26.3 Å². The van der Waals surface area contributed by atoms with Gasteiger partial charge in [-0.15, -0.1) is 10.5 Å². The van der Waals surface area contributed by atoms with Crippen LogP contribution in [-0.4, -0.2) is 4.98 Å². The minimum absolute atomic E-state index is 0. The van der Waals surface area contributed by atoms with Gasteiger partial charge in [0.2, 0.25) is 5.82 Å². The quantitative estimate of drug-likeness (QED) is 0.539. The molecule has 0 bridgehead atoms. The van der Waals surface area contributed by atoms with E-state index in [9.17, 15) is 0 Å². The summed E-state index contributed by atoms with van der Waals surface area (Å²) in [5.41, 5.74) is 6.36. The molecule has 0 aliphatic heterocycles. The van der Waals surface area contributed by atoms with Crippen molar-refractivity contribution in [3.05, 3.63) is 34.3 Å². The molecular weight excluding hydrogens is 285 g/mol. The molecule has 0 saturated heterocycles. The summed E-state index contributed by atoms with van der Waals surface area (Å²) in [7, 11) is 1.99. The summed E-state index contributed by atoms with van der Waals surface area (Å²) < 4.78 is 1.96. The largest absolute Gasteiger partial charge is 0.316 e. The molecule has 0 fully saturated rings. The maximum Gasteiger partial charge on any atom is 0.214 e. The fraction of sp³-hybridized carbons (Fsp3) is 0.429. The van der Waals surface area contributed by atoms with Gasteiger partial charge >= 0.3 is 0 Å². The number of aromatic nitrogens is 2. The minimum atomic E-state index is 0. The molecule has 0 unspecified atom stereocenters. The van der Waals surface area contributed by atoms with Crippen LogP contribution in [0.4, 0.5) is 0 Å². The number of nitrogens with zero attached hydrogens (tertiary/aromatic N) is 2. The second-order valence-corrected chi connectivity index (χ2v) is 4.55. The third-order valence-electron chi connectivity index (χ3n) is 3.69. The molecule has 0 amide bonds. The molecule has 1 heterocycles. The molecule has 0 saturated carbocycles. The molecule has 1 aromatic heterocycles. The Bertz CT molecular complexity index is 536. The average molecular weight is 303 g/mol. The monoisotopic (exact) mass is 303 g/mol. The van der Waals surface area contributed by atoms with E-state index in [0.29, 0.717) is 0 Å². The van der Waals surface area contributed by atoms with E-state index in [1.807, 2.05) is 18.5 Å². The van der Waals surface area contributed by atoms with Crippen LogP contribution in [-0.2, 0) is 39.8 Å². The van der Waals surface area contributed by atoms with E-state index in [1.54, 1.807) is 0 Å². The standard InChI is InChI=1S/C14H18N2.Y/c1-8-9(2)11(4)14-13(10(8)3)7-16(6)12(5)15-14;/h1-6H3;. The smallest absolute Gasteiger partial charge is 0.214 e. The summed E-state index contributed by atoms with van der Waals surface area (Å²) in [6.07, 6.45) is 3.39. The number of hydrogen-bond donors (Lipinski definition) is 0. The van der Waals surface area contributed by atoms with Crippen molar-refractivity contribution in [2.24, 2.45) is 7.05 Å². The molecule has 2 nitrogen and oxygen atoms in total. The van der Waals surface area contributed by atoms with Crippen molar-refractivity contribution in [2.45, 2.75) is 34.6 Å². The van der Waals surface area contributed by atoms with E-state index in [0.717, 1.165) is 16.7 Å². The van der Waals surface area contributed by atoms with E-state index in [4.69, 9.17) is 0 Å². The fourth-order valence-corrected chi connectivity index (χ4v) is 2.05. The predicted molar refractivity (Wildman–Crippen MR) is 65.4 cm³/mol. The van der Waals surface area contributed by atoms with Gasteiger partial charge in [-0.1, -0.05) is 23.4 Å². The summed E-state index contributed by atoms with van der Waals surface area (Å²) in [5.74, 6) is 0.998. The van der Waals surface area contributed by atoms with Gasteiger partial charge in [0, 0.05) is 39.6 Å². The fourth-order valence-electron chi connectivity index (χ4n) is 2.05. The Hall–Kier alpha value is -0.336. The normalized spacial score (nSPS) is 10.5. The van der Waals surface area contributed by atoms with E-state index in [1.165, 1.54) is 22.3 Å². The molecule has 1 aromatic carbocycles. The molecule has 17 heavy (non-hydrogen) atoms. The zero-order chi connectivity index (χ0) is 12.0.